The fourth-order valence-corrected chi connectivity index (χ4v) is 1.74. The van der Waals surface area contributed by atoms with E-state index in [1.807, 2.05) is 0 Å². The van der Waals surface area contributed by atoms with Crippen molar-refractivity contribution in [2.45, 2.75) is 13.0 Å². The molecular weight excluding hydrogens is 292 g/mol. The van der Waals surface area contributed by atoms with E-state index >= 15 is 0 Å². The second-order valence-electron chi connectivity index (χ2n) is 4.30. The summed E-state index contributed by atoms with van der Waals surface area (Å²) in [5.41, 5.74) is 6.95. The van der Waals surface area contributed by atoms with Crippen LogP contribution in [0.15, 0.2) is 42.7 Å². The molecule has 0 aliphatic carbocycles. The smallest absolute Gasteiger partial charge is 0.309 e. The van der Waals surface area contributed by atoms with Crippen LogP contribution in [0.25, 0.3) is 0 Å². The van der Waals surface area contributed by atoms with Crippen LogP contribution in [0.3, 0.4) is 0 Å². The fourth-order valence-electron chi connectivity index (χ4n) is 1.57. The zero-order chi connectivity index (χ0) is 15.1. The Labute approximate surface area is 127 Å². The van der Waals surface area contributed by atoms with Crippen molar-refractivity contribution in [2.24, 2.45) is 0 Å². The van der Waals surface area contributed by atoms with Gasteiger partial charge in [0.25, 0.3) is 0 Å². The number of hydrogen-bond donors (Lipinski definition) is 1. The number of hydrogen-bond acceptors (Lipinski definition) is 5. The lowest BCUT2D eigenvalue weighted by Gasteiger charge is -2.08. The first-order valence-electron chi connectivity index (χ1n) is 6.37. The van der Waals surface area contributed by atoms with Crippen LogP contribution in [-0.4, -0.2) is 17.6 Å². The molecule has 0 atom stereocenters. The SMILES string of the molecule is Nc1ccc(OCCC(=O)OCc2ccncc2Cl)cc1. The Hall–Kier alpha value is -2.27. The highest BCUT2D eigenvalue weighted by atomic mass is 35.5. The minimum atomic E-state index is -0.349. The number of pyridine rings is 1. The second kappa shape index (κ2) is 7.50. The molecule has 0 saturated carbocycles. The minimum absolute atomic E-state index is 0.127. The summed E-state index contributed by atoms with van der Waals surface area (Å²) in [6.07, 6.45) is 3.27. The van der Waals surface area contributed by atoms with Gasteiger partial charge in [-0.25, -0.2) is 0 Å². The maximum atomic E-state index is 11.6. The van der Waals surface area contributed by atoms with E-state index in [-0.39, 0.29) is 25.6 Å². The number of benzene rings is 1. The minimum Gasteiger partial charge on any atom is -0.493 e. The number of nitrogens with zero attached hydrogens (tertiary/aromatic N) is 1. The van der Waals surface area contributed by atoms with E-state index in [1.54, 1.807) is 36.5 Å². The number of halogens is 1. The van der Waals surface area contributed by atoms with Gasteiger partial charge in [-0.1, -0.05) is 11.6 Å². The summed E-state index contributed by atoms with van der Waals surface area (Å²) in [6, 6.07) is 8.67. The second-order valence-corrected chi connectivity index (χ2v) is 4.70. The maximum Gasteiger partial charge on any atom is 0.309 e. The molecule has 0 fully saturated rings. The average Bonchev–Trinajstić information content (AvgIpc) is 2.48. The van der Waals surface area contributed by atoms with Crippen LogP contribution < -0.4 is 10.5 Å². The van der Waals surface area contributed by atoms with Gasteiger partial charge in [0.1, 0.15) is 12.4 Å². The zero-order valence-corrected chi connectivity index (χ0v) is 12.0. The molecule has 0 saturated heterocycles. The van der Waals surface area contributed by atoms with Gasteiger partial charge >= 0.3 is 5.97 Å². The fraction of sp³-hybridized carbons (Fsp3) is 0.200. The van der Waals surface area contributed by atoms with Crippen LogP contribution in [0.2, 0.25) is 5.02 Å². The Balaban J connectivity index is 1.70. The van der Waals surface area contributed by atoms with Crippen molar-refractivity contribution in [3.8, 4) is 5.75 Å². The monoisotopic (exact) mass is 306 g/mol. The molecule has 110 valence electrons. The lowest BCUT2D eigenvalue weighted by Crippen LogP contribution is -2.10. The molecule has 2 rings (SSSR count). The van der Waals surface area contributed by atoms with E-state index < -0.39 is 0 Å². The first-order chi connectivity index (χ1) is 10.1. The summed E-state index contributed by atoms with van der Waals surface area (Å²) < 4.78 is 10.5. The predicted molar refractivity (Wildman–Crippen MR) is 80.0 cm³/mol. The van der Waals surface area contributed by atoms with Gasteiger partial charge < -0.3 is 15.2 Å². The molecule has 1 heterocycles. The van der Waals surface area contributed by atoms with E-state index in [0.717, 1.165) is 5.56 Å². The first kappa shape index (κ1) is 15.1. The molecule has 0 bridgehead atoms. The van der Waals surface area contributed by atoms with Crippen molar-refractivity contribution in [3.63, 3.8) is 0 Å². The maximum absolute atomic E-state index is 11.6. The molecular formula is C15H15ClN2O3. The summed E-state index contributed by atoms with van der Waals surface area (Å²) in [4.78, 5) is 15.5. The van der Waals surface area contributed by atoms with Crippen molar-refractivity contribution < 1.29 is 14.3 Å². The number of esters is 1. The largest absolute Gasteiger partial charge is 0.493 e. The van der Waals surface area contributed by atoms with Gasteiger partial charge in [0, 0.05) is 23.6 Å². The Morgan fingerprint density at radius 3 is 2.71 bits per heavy atom. The van der Waals surface area contributed by atoms with E-state index in [0.29, 0.717) is 16.5 Å². The number of nitrogen functional groups attached to an aromatic ring is 1. The predicted octanol–water partition coefficient (Wildman–Crippen LogP) is 2.83. The zero-order valence-electron chi connectivity index (χ0n) is 11.3. The number of rotatable bonds is 6. The topological polar surface area (TPSA) is 74.4 Å². The summed E-state index contributed by atoms with van der Waals surface area (Å²) in [7, 11) is 0. The van der Waals surface area contributed by atoms with Crippen LogP contribution in [0, 0.1) is 0 Å². The van der Waals surface area contributed by atoms with Gasteiger partial charge in [-0.05, 0) is 30.3 Å². The first-order valence-corrected chi connectivity index (χ1v) is 6.75. The summed E-state index contributed by atoms with van der Waals surface area (Å²) in [6.45, 7) is 0.370. The highest BCUT2D eigenvalue weighted by Gasteiger charge is 2.06. The van der Waals surface area contributed by atoms with Crippen molar-refractivity contribution >= 4 is 23.3 Å². The molecule has 6 heteroatoms. The number of carbonyl (C=O) groups is 1. The number of aromatic nitrogens is 1. The van der Waals surface area contributed by atoms with Gasteiger partial charge in [-0.3, -0.25) is 9.78 Å². The van der Waals surface area contributed by atoms with Crippen LogP contribution in [-0.2, 0) is 16.1 Å². The van der Waals surface area contributed by atoms with Crippen molar-refractivity contribution in [1.82, 2.24) is 4.98 Å². The van der Waals surface area contributed by atoms with Crippen LogP contribution in [0.1, 0.15) is 12.0 Å². The third kappa shape index (κ3) is 4.96. The summed E-state index contributed by atoms with van der Waals surface area (Å²) in [5, 5.41) is 0.475. The van der Waals surface area contributed by atoms with Gasteiger partial charge in [-0.2, -0.15) is 0 Å². The highest BCUT2D eigenvalue weighted by Crippen LogP contribution is 2.15. The third-order valence-corrected chi connectivity index (χ3v) is 3.04. The lowest BCUT2D eigenvalue weighted by atomic mass is 10.3. The standard InChI is InChI=1S/C15H15ClN2O3/c16-14-9-18-7-5-11(14)10-21-15(19)6-8-20-13-3-1-12(17)2-4-13/h1-5,7,9H,6,8,10,17H2. The van der Waals surface area contributed by atoms with E-state index in [9.17, 15) is 4.79 Å². The molecule has 0 spiro atoms. The molecule has 0 radical (unpaired) electrons. The van der Waals surface area contributed by atoms with Crippen LogP contribution >= 0.6 is 11.6 Å². The van der Waals surface area contributed by atoms with Crippen molar-refractivity contribution in [2.75, 3.05) is 12.3 Å². The van der Waals surface area contributed by atoms with Crippen LogP contribution in [0.5, 0.6) is 5.75 Å². The lowest BCUT2D eigenvalue weighted by molar-refractivity contribution is -0.145. The van der Waals surface area contributed by atoms with E-state index in [4.69, 9.17) is 26.8 Å². The molecule has 5 nitrogen and oxygen atoms in total. The number of ether oxygens (including phenoxy) is 2. The molecule has 2 N–H and O–H groups in total. The number of nitrogens with two attached hydrogens (primary N) is 1. The van der Waals surface area contributed by atoms with Crippen molar-refractivity contribution in [3.05, 3.63) is 53.3 Å². The van der Waals surface area contributed by atoms with Gasteiger partial charge in [0.15, 0.2) is 0 Å². The van der Waals surface area contributed by atoms with Crippen molar-refractivity contribution in [1.29, 1.82) is 0 Å². The third-order valence-electron chi connectivity index (χ3n) is 2.70. The molecule has 1 aromatic heterocycles. The van der Waals surface area contributed by atoms with E-state index in [2.05, 4.69) is 4.98 Å². The number of anilines is 1. The molecule has 2 aromatic rings. The van der Waals surface area contributed by atoms with Crippen LogP contribution in [0.4, 0.5) is 5.69 Å². The van der Waals surface area contributed by atoms with Gasteiger partial charge in [0.05, 0.1) is 18.1 Å². The summed E-state index contributed by atoms with van der Waals surface area (Å²) >= 11 is 5.92. The Morgan fingerprint density at radius 1 is 1.24 bits per heavy atom. The Bertz CT molecular complexity index is 602. The highest BCUT2D eigenvalue weighted by molar-refractivity contribution is 6.31. The molecule has 0 amide bonds. The molecule has 21 heavy (non-hydrogen) atoms. The Morgan fingerprint density at radius 2 is 2.00 bits per heavy atom. The van der Waals surface area contributed by atoms with Gasteiger partial charge in [0.2, 0.25) is 0 Å². The molecule has 1 aromatic carbocycles. The quantitative estimate of drug-likeness (QED) is 0.656. The van der Waals surface area contributed by atoms with E-state index in [1.165, 1.54) is 6.20 Å². The normalized spacial score (nSPS) is 10.1. The molecule has 0 unspecified atom stereocenters. The Kier molecular flexibility index (Phi) is 5.40. The molecule has 0 aliphatic rings. The van der Waals surface area contributed by atoms with Gasteiger partial charge in [-0.15, -0.1) is 0 Å². The number of carbonyl (C=O) groups excluding carboxylic acids is 1. The summed E-state index contributed by atoms with van der Waals surface area (Å²) in [5.74, 6) is 0.313. The average molecular weight is 307 g/mol. The molecule has 0 aliphatic heterocycles.